The number of fused-ring (bicyclic) bond motifs is 1. The molecule has 1 unspecified atom stereocenters. The van der Waals surface area contributed by atoms with Crippen LogP contribution in [0.4, 0.5) is 23.8 Å². The molecule has 150 valence electrons. The fourth-order valence-corrected chi connectivity index (χ4v) is 3.92. The first-order valence-corrected chi connectivity index (χ1v) is 9.15. The third-order valence-electron chi connectivity index (χ3n) is 4.81. The molecule has 0 radical (unpaired) electrons. The van der Waals surface area contributed by atoms with Gasteiger partial charge in [0, 0.05) is 19.1 Å². The largest absolute Gasteiger partial charge is 0.444 e. The summed E-state index contributed by atoms with van der Waals surface area (Å²) in [6.45, 7) is 6.54. The number of halogens is 4. The van der Waals surface area contributed by atoms with Crippen LogP contribution in [0.3, 0.4) is 0 Å². The van der Waals surface area contributed by atoms with Crippen molar-refractivity contribution in [2.24, 2.45) is 11.8 Å². The van der Waals surface area contributed by atoms with Crippen molar-refractivity contribution in [3.63, 3.8) is 0 Å². The Balaban J connectivity index is 1.61. The molecule has 2 fully saturated rings. The average Bonchev–Trinajstić information content (AvgIpc) is 3.04. The van der Waals surface area contributed by atoms with Crippen molar-refractivity contribution < 1.29 is 22.7 Å². The van der Waals surface area contributed by atoms with E-state index in [9.17, 15) is 18.0 Å². The van der Waals surface area contributed by atoms with Crippen LogP contribution in [-0.2, 0) is 10.9 Å². The quantitative estimate of drug-likeness (QED) is 0.797. The predicted octanol–water partition coefficient (Wildman–Crippen LogP) is 4.21. The second-order valence-corrected chi connectivity index (χ2v) is 8.53. The van der Waals surface area contributed by atoms with Gasteiger partial charge in [0.15, 0.2) is 11.0 Å². The molecule has 2 aliphatic rings. The monoisotopic (exact) mass is 406 g/mol. The van der Waals surface area contributed by atoms with Gasteiger partial charge in [0.2, 0.25) is 0 Å². The molecule has 1 aromatic heterocycles. The Morgan fingerprint density at radius 3 is 2.33 bits per heavy atom. The zero-order valence-corrected chi connectivity index (χ0v) is 16.1. The molecule has 6 nitrogen and oxygen atoms in total. The molecular formula is C17H22ClF3N4O2. The number of aromatic nitrogens is 2. The molecule has 0 bridgehead atoms. The van der Waals surface area contributed by atoms with Crippen LogP contribution in [0.15, 0.2) is 6.07 Å². The first-order chi connectivity index (χ1) is 12.4. The number of nitrogens with zero attached hydrogens (tertiary/aromatic N) is 3. The van der Waals surface area contributed by atoms with E-state index < -0.39 is 17.3 Å². The molecule has 27 heavy (non-hydrogen) atoms. The number of amides is 1. The van der Waals surface area contributed by atoms with Crippen LogP contribution in [-0.4, -0.2) is 45.9 Å². The molecule has 1 aliphatic heterocycles. The Hall–Kier alpha value is -1.77. The fraction of sp³-hybridized carbons (Fsp3) is 0.706. The Morgan fingerprint density at radius 1 is 1.22 bits per heavy atom. The van der Waals surface area contributed by atoms with Crippen molar-refractivity contribution in [2.45, 2.75) is 51.4 Å². The summed E-state index contributed by atoms with van der Waals surface area (Å²) < 4.78 is 44.9. The topological polar surface area (TPSA) is 67.3 Å². The first kappa shape index (κ1) is 20.0. The maximum atomic E-state index is 13.2. The third-order valence-corrected chi connectivity index (χ3v) is 5.00. The van der Waals surface area contributed by atoms with Crippen molar-refractivity contribution >= 4 is 23.5 Å². The van der Waals surface area contributed by atoms with Gasteiger partial charge in [-0.1, -0.05) is 11.6 Å². The predicted molar refractivity (Wildman–Crippen MR) is 93.5 cm³/mol. The Bertz CT molecular complexity index is 709. The number of likely N-dealkylation sites (tertiary alicyclic amines) is 1. The minimum atomic E-state index is -4.57. The van der Waals surface area contributed by atoms with E-state index in [0.717, 1.165) is 6.07 Å². The van der Waals surface area contributed by atoms with Gasteiger partial charge >= 0.3 is 12.3 Å². The summed E-state index contributed by atoms with van der Waals surface area (Å²) in [4.78, 5) is 13.9. The lowest BCUT2D eigenvalue weighted by Crippen LogP contribution is -2.36. The highest BCUT2D eigenvalue weighted by molar-refractivity contribution is 6.29. The van der Waals surface area contributed by atoms with Gasteiger partial charge in [-0.15, -0.1) is 10.2 Å². The molecule has 0 spiro atoms. The molecule has 1 aliphatic carbocycles. The van der Waals surface area contributed by atoms with Gasteiger partial charge in [-0.3, -0.25) is 0 Å². The summed E-state index contributed by atoms with van der Waals surface area (Å²) in [5.41, 5.74) is -1.48. The number of carbonyl (C=O) groups is 1. The maximum absolute atomic E-state index is 13.2. The molecule has 3 atom stereocenters. The van der Waals surface area contributed by atoms with Gasteiger partial charge in [-0.2, -0.15) is 13.2 Å². The summed E-state index contributed by atoms with van der Waals surface area (Å²) in [5.74, 6) is 0.148. The van der Waals surface area contributed by atoms with E-state index in [2.05, 4.69) is 15.5 Å². The van der Waals surface area contributed by atoms with Crippen LogP contribution in [0.5, 0.6) is 0 Å². The summed E-state index contributed by atoms with van der Waals surface area (Å²) in [5, 5.41) is 9.67. The highest BCUT2D eigenvalue weighted by atomic mass is 35.5. The molecule has 1 N–H and O–H groups in total. The number of alkyl halides is 3. The summed E-state index contributed by atoms with van der Waals surface area (Å²) >= 11 is 5.56. The van der Waals surface area contributed by atoms with E-state index in [1.54, 1.807) is 4.90 Å². The number of carbonyl (C=O) groups excluding carboxylic acids is 1. The van der Waals surface area contributed by atoms with Gasteiger partial charge in [0.05, 0.1) is 0 Å². The highest BCUT2D eigenvalue weighted by Gasteiger charge is 2.44. The van der Waals surface area contributed by atoms with E-state index in [-0.39, 0.29) is 34.9 Å². The molecule has 1 saturated heterocycles. The van der Waals surface area contributed by atoms with Gasteiger partial charge < -0.3 is 15.0 Å². The second-order valence-electron chi connectivity index (χ2n) is 8.15. The molecule has 1 amide bonds. The highest BCUT2D eigenvalue weighted by Crippen LogP contribution is 2.41. The molecule has 1 saturated carbocycles. The number of hydrogen-bond donors (Lipinski definition) is 1. The number of ether oxygens (including phenoxy) is 1. The minimum absolute atomic E-state index is 0.155. The number of anilines is 1. The van der Waals surface area contributed by atoms with E-state index in [0.29, 0.717) is 25.9 Å². The van der Waals surface area contributed by atoms with Crippen molar-refractivity contribution in [3.05, 3.63) is 16.8 Å². The SMILES string of the molecule is CC(C)(C)OC(=O)N1C[C@H]2CC(Nc3nnc(Cl)cc3C(F)(F)F)C[C@H]2C1. The third kappa shape index (κ3) is 4.75. The van der Waals surface area contributed by atoms with Crippen LogP contribution in [0.2, 0.25) is 5.15 Å². The summed E-state index contributed by atoms with van der Waals surface area (Å²) in [6.07, 6.45) is -3.59. The Kier molecular flexibility index (Phi) is 5.18. The lowest BCUT2D eigenvalue weighted by atomic mass is 10.0. The smallest absolute Gasteiger partial charge is 0.420 e. The standard InChI is InChI=1S/C17H22ClF3N4O2/c1-16(2,3)27-15(26)25-7-9-4-11(5-10(9)8-25)22-14-12(17(19,20)21)6-13(18)23-24-14/h6,9-11H,4-5,7-8H2,1-3H3,(H,22,24)/t9-,10+,11?. The van der Waals surface area contributed by atoms with Gasteiger partial charge in [-0.05, 0) is 51.5 Å². The van der Waals surface area contributed by atoms with Crippen LogP contribution in [0.1, 0.15) is 39.2 Å². The first-order valence-electron chi connectivity index (χ1n) is 8.77. The van der Waals surface area contributed by atoms with Crippen LogP contribution < -0.4 is 5.32 Å². The Morgan fingerprint density at radius 2 is 1.81 bits per heavy atom. The lowest BCUT2D eigenvalue weighted by Gasteiger charge is -2.25. The zero-order valence-electron chi connectivity index (χ0n) is 15.3. The molecular weight excluding hydrogens is 385 g/mol. The Labute approximate surface area is 160 Å². The number of rotatable bonds is 2. The van der Waals surface area contributed by atoms with Gasteiger partial charge in [-0.25, -0.2) is 4.79 Å². The summed E-state index contributed by atoms with van der Waals surface area (Å²) in [6, 6.07) is 0.619. The van der Waals surface area contributed by atoms with Crippen molar-refractivity contribution in [2.75, 3.05) is 18.4 Å². The van der Waals surface area contributed by atoms with Gasteiger partial charge in [0.1, 0.15) is 11.2 Å². The number of nitrogens with one attached hydrogen (secondary N) is 1. The zero-order chi connectivity index (χ0) is 20.0. The lowest BCUT2D eigenvalue weighted by molar-refractivity contribution is -0.137. The summed E-state index contributed by atoms with van der Waals surface area (Å²) in [7, 11) is 0. The van der Waals surface area contributed by atoms with Crippen molar-refractivity contribution in [1.29, 1.82) is 0 Å². The van der Waals surface area contributed by atoms with Crippen LogP contribution in [0, 0.1) is 11.8 Å². The van der Waals surface area contributed by atoms with Crippen LogP contribution in [0.25, 0.3) is 0 Å². The normalized spacial score (nSPS) is 25.4. The second kappa shape index (κ2) is 7.00. The maximum Gasteiger partial charge on any atom is 0.420 e. The fourth-order valence-electron chi connectivity index (χ4n) is 3.78. The van der Waals surface area contributed by atoms with E-state index in [1.165, 1.54) is 0 Å². The molecule has 0 aromatic carbocycles. The molecule has 1 aromatic rings. The molecule has 3 rings (SSSR count). The minimum Gasteiger partial charge on any atom is -0.444 e. The molecule has 10 heteroatoms. The van der Waals surface area contributed by atoms with E-state index in [1.807, 2.05) is 20.8 Å². The van der Waals surface area contributed by atoms with Gasteiger partial charge in [0.25, 0.3) is 0 Å². The van der Waals surface area contributed by atoms with E-state index in [4.69, 9.17) is 16.3 Å². The van der Waals surface area contributed by atoms with Crippen molar-refractivity contribution in [1.82, 2.24) is 15.1 Å². The van der Waals surface area contributed by atoms with Crippen LogP contribution >= 0.6 is 11.6 Å². The average molecular weight is 407 g/mol. The molecule has 2 heterocycles. The van der Waals surface area contributed by atoms with E-state index >= 15 is 0 Å². The number of hydrogen-bond acceptors (Lipinski definition) is 5. The van der Waals surface area contributed by atoms with Crippen molar-refractivity contribution in [3.8, 4) is 0 Å².